The lowest BCUT2D eigenvalue weighted by atomic mass is 10.2. The van der Waals surface area contributed by atoms with Crippen molar-refractivity contribution in [2.75, 3.05) is 6.54 Å². The molecule has 0 radical (unpaired) electrons. The van der Waals surface area contributed by atoms with E-state index in [9.17, 15) is 9.59 Å². The van der Waals surface area contributed by atoms with Crippen LogP contribution in [0.25, 0.3) is 16.2 Å². The smallest absolute Gasteiger partial charge is 0.264 e. The molecular weight excluding hydrogens is 474 g/mol. The van der Waals surface area contributed by atoms with Crippen LogP contribution in [0.2, 0.25) is 5.02 Å². The fraction of sp³-hybridized carbons (Fsp3) is 0.174. The Morgan fingerprint density at radius 1 is 1.18 bits per heavy atom. The summed E-state index contributed by atoms with van der Waals surface area (Å²) >= 11 is 7.27. The number of amides is 1. The number of carbonyl (C=O) groups is 1. The molecule has 0 fully saturated rings. The number of nitrogens with one attached hydrogen (secondary N) is 1. The highest BCUT2D eigenvalue weighted by Gasteiger charge is 2.16. The molecule has 1 aromatic carbocycles. The van der Waals surface area contributed by atoms with Gasteiger partial charge in [-0.15, -0.1) is 0 Å². The topological polar surface area (TPSA) is 99.6 Å². The Balaban J connectivity index is 1.26. The molecule has 0 spiro atoms. The number of benzene rings is 1. The molecule has 172 valence electrons. The van der Waals surface area contributed by atoms with Gasteiger partial charge in [-0.05, 0) is 36.8 Å². The van der Waals surface area contributed by atoms with Crippen LogP contribution in [0.3, 0.4) is 0 Å². The Kier molecular flexibility index (Phi) is 5.99. The van der Waals surface area contributed by atoms with E-state index in [1.54, 1.807) is 16.8 Å². The van der Waals surface area contributed by atoms with E-state index < -0.39 is 0 Å². The minimum absolute atomic E-state index is 0.173. The van der Waals surface area contributed by atoms with Gasteiger partial charge in [0.1, 0.15) is 16.6 Å². The Morgan fingerprint density at radius 3 is 2.71 bits per heavy atom. The van der Waals surface area contributed by atoms with Gasteiger partial charge in [-0.3, -0.25) is 14.2 Å². The number of carbonyl (C=O) groups excluding carboxylic acids is 1. The number of rotatable bonds is 7. The molecule has 0 aliphatic rings. The number of aromatic nitrogens is 6. The first-order valence-electron chi connectivity index (χ1n) is 10.5. The van der Waals surface area contributed by atoms with E-state index in [-0.39, 0.29) is 11.5 Å². The predicted molar refractivity (Wildman–Crippen MR) is 131 cm³/mol. The third-order valence-electron chi connectivity index (χ3n) is 5.31. The Hall–Kier alpha value is -3.76. The Morgan fingerprint density at radius 2 is 1.94 bits per heavy atom. The standard InChI is InChI=1S/C23H20ClN7O2S/c1-15-19(34-23(28-15)29-9-2-3-10-29)21(32)25-8-11-31-20-18(12-27-31)22(33)30(14-26-20)13-16-4-6-17(24)7-5-16/h2-7,9-10,12,14H,8,11,13H2,1H3,(H,25,32). The maximum atomic E-state index is 12.9. The third kappa shape index (κ3) is 4.37. The van der Waals surface area contributed by atoms with E-state index in [1.165, 1.54) is 28.4 Å². The van der Waals surface area contributed by atoms with E-state index in [2.05, 4.69) is 20.4 Å². The van der Waals surface area contributed by atoms with E-state index in [1.807, 2.05) is 48.1 Å². The number of hydrogen-bond donors (Lipinski definition) is 1. The molecule has 4 aromatic heterocycles. The maximum absolute atomic E-state index is 12.9. The van der Waals surface area contributed by atoms with Gasteiger partial charge >= 0.3 is 0 Å². The summed E-state index contributed by atoms with van der Waals surface area (Å²) in [7, 11) is 0. The zero-order chi connectivity index (χ0) is 23.7. The van der Waals surface area contributed by atoms with Crippen LogP contribution in [0.15, 0.2) is 66.1 Å². The Bertz CT molecular complexity index is 1520. The minimum Gasteiger partial charge on any atom is -0.349 e. The van der Waals surface area contributed by atoms with Gasteiger partial charge in [0.25, 0.3) is 11.5 Å². The summed E-state index contributed by atoms with van der Waals surface area (Å²) in [6.07, 6.45) is 6.81. The predicted octanol–water partition coefficient (Wildman–Crippen LogP) is 3.28. The molecule has 9 nitrogen and oxygen atoms in total. The van der Waals surface area contributed by atoms with Gasteiger partial charge in [-0.25, -0.2) is 14.6 Å². The molecule has 0 atom stereocenters. The number of hydrogen-bond acceptors (Lipinski definition) is 6. The number of thiazole rings is 1. The van der Waals surface area contributed by atoms with E-state index in [4.69, 9.17) is 11.6 Å². The van der Waals surface area contributed by atoms with Gasteiger partial charge in [0, 0.05) is 24.0 Å². The van der Waals surface area contributed by atoms with Crippen molar-refractivity contribution in [2.24, 2.45) is 0 Å². The van der Waals surface area contributed by atoms with Gasteiger partial charge in [0.05, 0.1) is 25.0 Å². The van der Waals surface area contributed by atoms with Crippen molar-refractivity contribution in [3.63, 3.8) is 0 Å². The highest BCUT2D eigenvalue weighted by atomic mass is 35.5. The fourth-order valence-corrected chi connectivity index (χ4v) is 4.66. The number of aryl methyl sites for hydroxylation is 1. The fourth-order valence-electron chi connectivity index (χ4n) is 3.58. The molecular formula is C23H20ClN7O2S. The van der Waals surface area contributed by atoms with E-state index in [0.29, 0.717) is 46.3 Å². The van der Waals surface area contributed by atoms with Crippen LogP contribution >= 0.6 is 22.9 Å². The zero-order valence-electron chi connectivity index (χ0n) is 18.2. The molecule has 4 heterocycles. The summed E-state index contributed by atoms with van der Waals surface area (Å²) in [5.74, 6) is -0.192. The second kappa shape index (κ2) is 9.24. The molecule has 1 amide bonds. The first-order chi connectivity index (χ1) is 16.5. The molecule has 0 bridgehead atoms. The molecule has 5 rings (SSSR count). The summed E-state index contributed by atoms with van der Waals surface area (Å²) in [5.41, 5.74) is 1.93. The quantitative estimate of drug-likeness (QED) is 0.375. The van der Waals surface area contributed by atoms with Crippen molar-refractivity contribution in [2.45, 2.75) is 20.0 Å². The summed E-state index contributed by atoms with van der Waals surface area (Å²) in [4.78, 5) is 35.0. The summed E-state index contributed by atoms with van der Waals surface area (Å²) < 4.78 is 5.03. The van der Waals surface area contributed by atoms with E-state index >= 15 is 0 Å². The average Bonchev–Trinajstić information content (AvgIpc) is 3.57. The van der Waals surface area contributed by atoms with Crippen LogP contribution in [0.1, 0.15) is 20.9 Å². The number of halogens is 1. The SMILES string of the molecule is Cc1nc(-n2cccc2)sc1C(=O)NCCn1ncc2c(=O)n(Cc3ccc(Cl)cc3)cnc21. The monoisotopic (exact) mass is 493 g/mol. The molecule has 34 heavy (non-hydrogen) atoms. The van der Waals surface area contributed by atoms with Gasteiger partial charge in [0.2, 0.25) is 0 Å². The lowest BCUT2D eigenvalue weighted by molar-refractivity contribution is 0.0955. The van der Waals surface area contributed by atoms with Crippen molar-refractivity contribution in [3.8, 4) is 5.13 Å². The van der Waals surface area contributed by atoms with Gasteiger partial charge in [-0.2, -0.15) is 5.10 Å². The van der Waals surface area contributed by atoms with Gasteiger partial charge < -0.3 is 9.88 Å². The highest BCUT2D eigenvalue weighted by Crippen LogP contribution is 2.21. The third-order valence-corrected chi connectivity index (χ3v) is 6.74. The second-order valence-corrected chi connectivity index (χ2v) is 9.08. The summed E-state index contributed by atoms with van der Waals surface area (Å²) in [6.45, 7) is 2.92. The van der Waals surface area contributed by atoms with Crippen LogP contribution in [-0.2, 0) is 13.1 Å². The van der Waals surface area contributed by atoms with Crippen LogP contribution in [-0.4, -0.2) is 41.3 Å². The largest absolute Gasteiger partial charge is 0.349 e. The first kappa shape index (κ1) is 22.1. The van der Waals surface area contributed by atoms with Crippen molar-refractivity contribution >= 4 is 39.9 Å². The van der Waals surface area contributed by atoms with Crippen molar-refractivity contribution in [1.82, 2.24) is 34.2 Å². The average molecular weight is 494 g/mol. The van der Waals surface area contributed by atoms with Crippen LogP contribution in [0, 0.1) is 6.92 Å². The second-order valence-electron chi connectivity index (χ2n) is 7.67. The van der Waals surface area contributed by atoms with Crippen molar-refractivity contribution in [1.29, 1.82) is 0 Å². The molecule has 5 aromatic rings. The van der Waals surface area contributed by atoms with Crippen LogP contribution in [0.5, 0.6) is 0 Å². The molecule has 0 saturated heterocycles. The van der Waals surface area contributed by atoms with Crippen LogP contribution in [0.4, 0.5) is 0 Å². The Labute approximate surface area is 203 Å². The number of fused-ring (bicyclic) bond motifs is 1. The normalized spacial score (nSPS) is 11.2. The van der Waals surface area contributed by atoms with Crippen LogP contribution < -0.4 is 10.9 Å². The minimum atomic E-state index is -0.192. The molecule has 11 heteroatoms. The summed E-state index contributed by atoms with van der Waals surface area (Å²) in [6, 6.07) is 11.1. The first-order valence-corrected chi connectivity index (χ1v) is 11.7. The molecule has 0 aliphatic carbocycles. The molecule has 1 N–H and O–H groups in total. The molecule has 0 unspecified atom stereocenters. The maximum Gasteiger partial charge on any atom is 0.264 e. The van der Waals surface area contributed by atoms with Crippen molar-refractivity contribution < 1.29 is 4.79 Å². The van der Waals surface area contributed by atoms with Crippen molar-refractivity contribution in [3.05, 3.63) is 92.8 Å². The molecule has 0 saturated carbocycles. The van der Waals surface area contributed by atoms with Gasteiger partial charge in [0.15, 0.2) is 10.8 Å². The van der Waals surface area contributed by atoms with E-state index in [0.717, 1.165) is 10.7 Å². The lowest BCUT2D eigenvalue weighted by Gasteiger charge is -2.07. The summed E-state index contributed by atoms with van der Waals surface area (Å²) in [5, 5.41) is 9.02. The lowest BCUT2D eigenvalue weighted by Crippen LogP contribution is -2.27. The highest BCUT2D eigenvalue weighted by molar-refractivity contribution is 7.16. The molecule has 0 aliphatic heterocycles. The van der Waals surface area contributed by atoms with Gasteiger partial charge in [-0.1, -0.05) is 35.1 Å². The zero-order valence-corrected chi connectivity index (χ0v) is 19.8. The number of nitrogens with zero attached hydrogens (tertiary/aromatic N) is 6.